The molecule has 0 bridgehead atoms. The Kier molecular flexibility index (Phi) is 4.46. The highest BCUT2D eigenvalue weighted by Gasteiger charge is 2.21. The van der Waals surface area contributed by atoms with Gasteiger partial charge in [-0.25, -0.2) is 9.18 Å². The van der Waals surface area contributed by atoms with Crippen molar-refractivity contribution in [1.82, 2.24) is 0 Å². The van der Waals surface area contributed by atoms with Gasteiger partial charge in [0, 0.05) is 6.07 Å². The molecule has 0 atom stereocenters. The molecule has 104 valence electrons. The second kappa shape index (κ2) is 5.52. The first-order valence-corrected chi connectivity index (χ1v) is 6.03. The number of nitro benzene ring substituents is 1. The van der Waals surface area contributed by atoms with Crippen LogP contribution in [-0.4, -0.2) is 16.6 Å². The van der Waals surface area contributed by atoms with Crippen molar-refractivity contribution in [3.63, 3.8) is 0 Å². The zero-order valence-electron chi connectivity index (χ0n) is 10.5. The number of nitrogens with zero attached hydrogens (tertiary/aromatic N) is 1. The van der Waals surface area contributed by atoms with E-state index in [2.05, 4.69) is 21.2 Å². The normalized spacial score (nSPS) is 11.0. The van der Waals surface area contributed by atoms with Crippen molar-refractivity contribution in [2.75, 3.05) is 5.32 Å². The average Bonchev–Trinajstić information content (AvgIpc) is 2.20. The van der Waals surface area contributed by atoms with Crippen LogP contribution in [0.3, 0.4) is 0 Å². The third kappa shape index (κ3) is 4.47. The molecule has 0 heterocycles. The van der Waals surface area contributed by atoms with E-state index in [1.165, 1.54) is 0 Å². The number of amides is 1. The Bertz CT molecular complexity index is 505. The quantitative estimate of drug-likeness (QED) is 0.657. The lowest BCUT2D eigenvalue weighted by Gasteiger charge is -2.20. The van der Waals surface area contributed by atoms with E-state index in [-0.39, 0.29) is 10.2 Å². The molecule has 0 fully saturated rings. The fraction of sp³-hybridized carbons (Fsp3) is 0.364. The van der Waals surface area contributed by atoms with Gasteiger partial charge in [0.2, 0.25) is 0 Å². The van der Waals surface area contributed by atoms with Crippen molar-refractivity contribution >= 4 is 33.4 Å². The summed E-state index contributed by atoms with van der Waals surface area (Å²) in [4.78, 5) is 21.3. The number of non-ortho nitro benzene ring substituents is 1. The summed E-state index contributed by atoms with van der Waals surface area (Å²) in [7, 11) is 0. The van der Waals surface area contributed by atoms with E-state index in [1.807, 2.05) is 0 Å². The number of carbonyl (C=O) groups is 1. The maximum atomic E-state index is 13.7. The van der Waals surface area contributed by atoms with Gasteiger partial charge in [0.15, 0.2) is 5.82 Å². The molecule has 0 unspecified atom stereocenters. The molecule has 0 aromatic heterocycles. The Labute approximate surface area is 117 Å². The summed E-state index contributed by atoms with van der Waals surface area (Å²) in [6.07, 6.45) is -0.846. The molecule has 8 heteroatoms. The standard InChI is InChI=1S/C11H12BrFN2O4/c1-11(2,3)19-10(16)14-9-7(12)4-6(15(17)18)5-8(9)13/h4-5H,1-3H3,(H,14,16). The molecule has 6 nitrogen and oxygen atoms in total. The summed E-state index contributed by atoms with van der Waals surface area (Å²) >= 11 is 2.96. The van der Waals surface area contributed by atoms with Crippen molar-refractivity contribution in [3.8, 4) is 0 Å². The smallest absolute Gasteiger partial charge is 0.412 e. The van der Waals surface area contributed by atoms with Crippen LogP contribution >= 0.6 is 15.9 Å². The molecule has 1 aromatic carbocycles. The second-order valence-corrected chi connectivity index (χ2v) is 5.52. The van der Waals surface area contributed by atoms with Gasteiger partial charge in [-0.2, -0.15) is 0 Å². The molecule has 0 aliphatic heterocycles. The SMILES string of the molecule is CC(C)(C)OC(=O)Nc1c(F)cc([N+](=O)[O-])cc1Br. The van der Waals surface area contributed by atoms with E-state index < -0.39 is 28.1 Å². The fourth-order valence-corrected chi connectivity index (χ4v) is 1.71. The summed E-state index contributed by atoms with van der Waals surface area (Å²) in [5, 5.41) is 12.7. The number of nitro groups is 1. The predicted molar refractivity (Wildman–Crippen MR) is 70.6 cm³/mol. The molecule has 0 aliphatic rings. The van der Waals surface area contributed by atoms with Crippen LogP contribution in [-0.2, 0) is 4.74 Å². The third-order valence-corrected chi connectivity index (χ3v) is 2.49. The molecule has 19 heavy (non-hydrogen) atoms. The molecule has 0 spiro atoms. The summed E-state index contributed by atoms with van der Waals surface area (Å²) in [5.74, 6) is -0.924. The number of halogens is 2. The van der Waals surface area contributed by atoms with Crippen LogP contribution in [0.25, 0.3) is 0 Å². The van der Waals surface area contributed by atoms with Gasteiger partial charge in [-0.3, -0.25) is 15.4 Å². The van der Waals surface area contributed by atoms with E-state index in [1.54, 1.807) is 20.8 Å². The topological polar surface area (TPSA) is 81.5 Å². The number of rotatable bonds is 2. The second-order valence-electron chi connectivity index (χ2n) is 4.67. The van der Waals surface area contributed by atoms with Gasteiger partial charge in [0.25, 0.3) is 5.69 Å². The Morgan fingerprint density at radius 3 is 2.47 bits per heavy atom. The number of anilines is 1. The van der Waals surface area contributed by atoms with Crippen molar-refractivity contribution in [3.05, 3.63) is 32.5 Å². The minimum absolute atomic E-state index is 0.0602. The number of hydrogen-bond donors (Lipinski definition) is 1. The van der Waals surface area contributed by atoms with Gasteiger partial charge in [0.1, 0.15) is 5.60 Å². The van der Waals surface area contributed by atoms with Crippen LogP contribution in [0.15, 0.2) is 16.6 Å². The molecular formula is C11H12BrFN2O4. The van der Waals surface area contributed by atoms with Crippen molar-refractivity contribution in [2.45, 2.75) is 26.4 Å². The zero-order valence-corrected chi connectivity index (χ0v) is 12.1. The Morgan fingerprint density at radius 2 is 2.05 bits per heavy atom. The van der Waals surface area contributed by atoms with Gasteiger partial charge in [0.05, 0.1) is 21.1 Å². The van der Waals surface area contributed by atoms with Crippen molar-refractivity contribution in [1.29, 1.82) is 0 Å². The number of carbonyl (C=O) groups excluding carboxylic acids is 1. The van der Waals surface area contributed by atoms with Crippen LogP contribution in [0.4, 0.5) is 20.6 Å². The lowest BCUT2D eigenvalue weighted by molar-refractivity contribution is -0.385. The molecule has 1 N–H and O–H groups in total. The lowest BCUT2D eigenvalue weighted by Crippen LogP contribution is -2.27. The predicted octanol–water partition coefficient (Wildman–Crippen LogP) is 3.84. The summed E-state index contributed by atoms with van der Waals surface area (Å²) in [5.41, 5.74) is -1.35. The number of benzene rings is 1. The third-order valence-electron chi connectivity index (χ3n) is 1.86. The van der Waals surface area contributed by atoms with Crippen LogP contribution in [0.2, 0.25) is 0 Å². The summed E-state index contributed by atoms with van der Waals surface area (Å²) in [6.45, 7) is 4.98. The summed E-state index contributed by atoms with van der Waals surface area (Å²) < 4.78 is 18.7. The molecule has 1 aromatic rings. The molecule has 0 aliphatic carbocycles. The molecular weight excluding hydrogens is 323 g/mol. The highest BCUT2D eigenvalue weighted by atomic mass is 79.9. The van der Waals surface area contributed by atoms with Gasteiger partial charge in [-0.15, -0.1) is 0 Å². The number of hydrogen-bond acceptors (Lipinski definition) is 4. The maximum Gasteiger partial charge on any atom is 0.412 e. The van der Waals surface area contributed by atoms with Crippen LogP contribution in [0, 0.1) is 15.9 Å². The van der Waals surface area contributed by atoms with Gasteiger partial charge < -0.3 is 4.74 Å². The fourth-order valence-electron chi connectivity index (χ4n) is 1.19. The molecule has 0 radical (unpaired) electrons. The average molecular weight is 335 g/mol. The van der Waals surface area contributed by atoms with Crippen molar-refractivity contribution in [2.24, 2.45) is 0 Å². The Balaban J connectivity index is 2.97. The van der Waals surface area contributed by atoms with Crippen molar-refractivity contribution < 1.29 is 18.8 Å². The molecule has 1 amide bonds. The minimum atomic E-state index is -0.924. The van der Waals surface area contributed by atoms with Crippen LogP contribution in [0.5, 0.6) is 0 Å². The maximum absolute atomic E-state index is 13.7. The highest BCUT2D eigenvalue weighted by molar-refractivity contribution is 9.10. The summed E-state index contributed by atoms with van der Waals surface area (Å²) in [6, 6.07) is 1.81. The number of nitrogens with one attached hydrogen (secondary N) is 1. The Morgan fingerprint density at radius 1 is 1.47 bits per heavy atom. The first-order chi connectivity index (χ1) is 8.60. The van der Waals surface area contributed by atoms with E-state index >= 15 is 0 Å². The zero-order chi connectivity index (χ0) is 14.8. The number of ether oxygens (including phenoxy) is 1. The van der Waals surface area contributed by atoms with Crippen LogP contribution < -0.4 is 5.32 Å². The first kappa shape index (κ1) is 15.4. The van der Waals surface area contributed by atoms with E-state index in [0.29, 0.717) is 0 Å². The largest absolute Gasteiger partial charge is 0.444 e. The van der Waals surface area contributed by atoms with Gasteiger partial charge >= 0.3 is 6.09 Å². The van der Waals surface area contributed by atoms with E-state index in [0.717, 1.165) is 12.1 Å². The first-order valence-electron chi connectivity index (χ1n) is 5.23. The van der Waals surface area contributed by atoms with Gasteiger partial charge in [-0.05, 0) is 36.7 Å². The van der Waals surface area contributed by atoms with Crippen LogP contribution in [0.1, 0.15) is 20.8 Å². The monoisotopic (exact) mass is 334 g/mol. The van der Waals surface area contributed by atoms with E-state index in [9.17, 15) is 19.3 Å². The lowest BCUT2D eigenvalue weighted by atomic mass is 10.2. The highest BCUT2D eigenvalue weighted by Crippen LogP contribution is 2.30. The molecule has 0 saturated carbocycles. The van der Waals surface area contributed by atoms with Gasteiger partial charge in [-0.1, -0.05) is 0 Å². The minimum Gasteiger partial charge on any atom is -0.444 e. The molecule has 1 rings (SSSR count). The van der Waals surface area contributed by atoms with E-state index in [4.69, 9.17) is 4.74 Å². The Hall–Kier alpha value is -1.70. The molecule has 0 saturated heterocycles.